The van der Waals surface area contributed by atoms with Gasteiger partial charge in [-0.3, -0.25) is 9.52 Å². The summed E-state index contributed by atoms with van der Waals surface area (Å²) < 4.78 is 29.0. The number of rotatable bonds is 8. The van der Waals surface area contributed by atoms with Crippen LogP contribution in [-0.2, 0) is 10.0 Å². The van der Waals surface area contributed by atoms with Gasteiger partial charge in [0.2, 0.25) is 0 Å². The molecule has 2 N–H and O–H groups in total. The number of carbonyl (C=O) groups is 1. The molecular weight excluding hydrogens is 438 g/mol. The van der Waals surface area contributed by atoms with E-state index >= 15 is 0 Å². The van der Waals surface area contributed by atoms with Gasteiger partial charge in [0.1, 0.15) is 5.82 Å². The normalized spacial score (nSPS) is 14.3. The number of anilines is 2. The number of unbranched alkanes of at least 4 members (excludes halogenated alkanes) is 1. The predicted molar refractivity (Wildman–Crippen MR) is 133 cm³/mol. The van der Waals surface area contributed by atoms with Crippen molar-refractivity contribution < 1.29 is 13.2 Å². The van der Waals surface area contributed by atoms with Gasteiger partial charge in [0.05, 0.1) is 22.3 Å². The molecule has 2 heterocycles. The number of nitrogens with one attached hydrogen (secondary N) is 2. The van der Waals surface area contributed by atoms with E-state index < -0.39 is 10.0 Å². The Morgan fingerprint density at radius 2 is 1.79 bits per heavy atom. The number of hydrogen-bond acceptors (Lipinski definition) is 6. The smallest absolute Gasteiger partial charge is 0.262 e. The van der Waals surface area contributed by atoms with E-state index in [-0.39, 0.29) is 16.5 Å². The second kappa shape index (κ2) is 10.5. The number of nitrogens with zero attached hydrogens (tertiary/aromatic N) is 3. The Labute approximate surface area is 197 Å². The third-order valence-corrected chi connectivity index (χ3v) is 7.56. The lowest BCUT2D eigenvalue weighted by Gasteiger charge is -2.30. The van der Waals surface area contributed by atoms with E-state index in [1.54, 1.807) is 31.0 Å². The summed E-state index contributed by atoms with van der Waals surface area (Å²) in [7, 11) is -2.06. The summed E-state index contributed by atoms with van der Waals surface area (Å²) in [6, 6.07) is 5.16. The van der Waals surface area contributed by atoms with Crippen molar-refractivity contribution in [1.29, 1.82) is 0 Å². The molecule has 0 unspecified atom stereocenters. The fraction of sp³-hybridized carbons (Fsp3) is 0.500. The van der Waals surface area contributed by atoms with Crippen LogP contribution >= 0.6 is 0 Å². The predicted octanol–water partition coefficient (Wildman–Crippen LogP) is 3.09. The average Bonchev–Trinajstić information content (AvgIpc) is 2.79. The molecular formula is C24H35N5O3S. The van der Waals surface area contributed by atoms with Crippen molar-refractivity contribution in [2.45, 2.75) is 45.4 Å². The molecule has 0 bridgehead atoms. The molecule has 3 rings (SSSR count). The van der Waals surface area contributed by atoms with Crippen LogP contribution in [0.1, 0.15) is 46.8 Å². The summed E-state index contributed by atoms with van der Waals surface area (Å²) >= 11 is 0. The van der Waals surface area contributed by atoms with Crippen LogP contribution in [0.4, 0.5) is 11.5 Å². The maximum Gasteiger partial charge on any atom is 0.262 e. The van der Waals surface area contributed by atoms with Crippen LogP contribution < -0.4 is 14.9 Å². The minimum atomic E-state index is -3.84. The minimum absolute atomic E-state index is 0.159. The first-order valence-corrected chi connectivity index (χ1v) is 12.9. The summed E-state index contributed by atoms with van der Waals surface area (Å²) in [5.74, 6) is 0.433. The molecule has 1 aliphatic rings. The summed E-state index contributed by atoms with van der Waals surface area (Å²) in [4.78, 5) is 21.8. The summed E-state index contributed by atoms with van der Waals surface area (Å²) in [6.45, 7) is 11.4. The number of aromatic nitrogens is 1. The molecule has 0 atom stereocenters. The van der Waals surface area contributed by atoms with Crippen molar-refractivity contribution in [2.24, 2.45) is 0 Å². The van der Waals surface area contributed by atoms with Crippen LogP contribution in [0.5, 0.6) is 0 Å². The molecule has 180 valence electrons. The molecule has 1 aliphatic heterocycles. The maximum absolute atomic E-state index is 13.3. The Balaban J connectivity index is 1.97. The number of benzene rings is 1. The lowest BCUT2D eigenvalue weighted by Crippen LogP contribution is -2.45. The molecule has 1 saturated heterocycles. The number of sulfonamides is 1. The lowest BCUT2D eigenvalue weighted by molar-refractivity contribution is 0.0793. The van der Waals surface area contributed by atoms with E-state index in [4.69, 9.17) is 0 Å². The molecule has 8 nitrogen and oxygen atoms in total. The second-order valence-electron chi connectivity index (χ2n) is 8.72. The highest BCUT2D eigenvalue weighted by atomic mass is 32.2. The lowest BCUT2D eigenvalue weighted by atomic mass is 10.1. The maximum atomic E-state index is 13.3. The Morgan fingerprint density at radius 3 is 2.45 bits per heavy atom. The number of hydrogen-bond donors (Lipinski definition) is 2. The molecule has 0 saturated carbocycles. The van der Waals surface area contributed by atoms with Crippen LogP contribution in [-0.4, -0.2) is 64.0 Å². The molecule has 1 fully saturated rings. The quantitative estimate of drug-likeness (QED) is 0.612. The van der Waals surface area contributed by atoms with Gasteiger partial charge in [-0.25, -0.2) is 13.4 Å². The van der Waals surface area contributed by atoms with Crippen molar-refractivity contribution in [2.75, 3.05) is 49.4 Å². The monoisotopic (exact) mass is 473 g/mol. The van der Waals surface area contributed by atoms with Crippen molar-refractivity contribution in [3.8, 4) is 0 Å². The largest absolute Gasteiger partial charge is 0.353 e. The Bertz CT molecular complexity index is 1110. The van der Waals surface area contributed by atoms with E-state index in [1.165, 1.54) is 6.20 Å². The number of aryl methyl sites for hydroxylation is 3. The van der Waals surface area contributed by atoms with Crippen molar-refractivity contribution in [3.05, 3.63) is 46.6 Å². The van der Waals surface area contributed by atoms with Gasteiger partial charge in [0.15, 0.2) is 0 Å². The first-order valence-electron chi connectivity index (χ1n) is 11.5. The van der Waals surface area contributed by atoms with E-state index in [2.05, 4.69) is 26.8 Å². The number of piperazine rings is 1. The molecule has 0 radical (unpaired) electrons. The van der Waals surface area contributed by atoms with Gasteiger partial charge in [-0.1, -0.05) is 19.4 Å². The molecule has 33 heavy (non-hydrogen) atoms. The number of amides is 1. The highest BCUT2D eigenvalue weighted by Crippen LogP contribution is 2.27. The van der Waals surface area contributed by atoms with Crippen LogP contribution in [0.25, 0.3) is 0 Å². The highest BCUT2D eigenvalue weighted by Gasteiger charge is 2.25. The summed E-state index contributed by atoms with van der Waals surface area (Å²) in [6.07, 6.45) is 3.38. The van der Waals surface area contributed by atoms with Crippen molar-refractivity contribution in [1.82, 2.24) is 15.2 Å². The fourth-order valence-electron chi connectivity index (χ4n) is 3.94. The standard InChI is InChI=1S/C24H35N5O3S/c1-6-7-10-28(5)24(30)21-15-20(16-26-23(21)29-11-8-25-9-12-29)27-33(31,32)22-14-18(3)17(2)13-19(22)4/h13-16,25,27H,6-12H2,1-5H3. The van der Waals surface area contributed by atoms with Crippen LogP contribution in [0.2, 0.25) is 0 Å². The molecule has 1 amide bonds. The SMILES string of the molecule is CCCCN(C)C(=O)c1cc(NS(=O)(=O)c2cc(C)c(C)cc2C)cnc1N1CCNCC1. The number of carbonyl (C=O) groups excluding carboxylic acids is 1. The minimum Gasteiger partial charge on any atom is -0.353 e. The first-order chi connectivity index (χ1) is 15.6. The van der Waals surface area contributed by atoms with Gasteiger partial charge in [-0.15, -0.1) is 0 Å². The van der Waals surface area contributed by atoms with E-state index in [0.29, 0.717) is 23.5 Å². The molecule has 1 aromatic heterocycles. The van der Waals surface area contributed by atoms with Crippen LogP contribution in [0, 0.1) is 20.8 Å². The van der Waals surface area contributed by atoms with Gasteiger partial charge >= 0.3 is 0 Å². The first kappa shape index (κ1) is 25.0. The van der Waals surface area contributed by atoms with Gasteiger partial charge < -0.3 is 15.1 Å². The average molecular weight is 474 g/mol. The summed E-state index contributed by atoms with van der Waals surface area (Å²) in [5.41, 5.74) is 3.30. The van der Waals surface area contributed by atoms with Gasteiger partial charge in [-0.05, 0) is 56.0 Å². The molecule has 9 heteroatoms. The van der Waals surface area contributed by atoms with Crippen molar-refractivity contribution in [3.63, 3.8) is 0 Å². The Morgan fingerprint density at radius 1 is 1.12 bits per heavy atom. The van der Waals surface area contributed by atoms with E-state index in [1.807, 2.05) is 19.9 Å². The Kier molecular flexibility index (Phi) is 7.97. The number of pyridine rings is 1. The van der Waals surface area contributed by atoms with Gasteiger partial charge in [0.25, 0.3) is 15.9 Å². The molecule has 0 spiro atoms. The molecule has 1 aromatic carbocycles. The topological polar surface area (TPSA) is 94.6 Å². The zero-order chi connectivity index (χ0) is 24.2. The van der Waals surface area contributed by atoms with Crippen molar-refractivity contribution >= 4 is 27.4 Å². The van der Waals surface area contributed by atoms with Gasteiger partial charge in [-0.2, -0.15) is 0 Å². The van der Waals surface area contributed by atoms with E-state index in [9.17, 15) is 13.2 Å². The fourth-order valence-corrected chi connectivity index (χ4v) is 5.28. The summed E-state index contributed by atoms with van der Waals surface area (Å²) in [5, 5.41) is 3.30. The van der Waals surface area contributed by atoms with Crippen LogP contribution in [0.3, 0.4) is 0 Å². The third-order valence-electron chi connectivity index (χ3n) is 6.04. The van der Waals surface area contributed by atoms with Crippen LogP contribution in [0.15, 0.2) is 29.3 Å². The molecule has 0 aliphatic carbocycles. The highest BCUT2D eigenvalue weighted by molar-refractivity contribution is 7.92. The zero-order valence-electron chi connectivity index (χ0n) is 20.2. The van der Waals surface area contributed by atoms with Gasteiger partial charge in [0, 0.05) is 39.8 Å². The molecule has 2 aromatic rings. The van der Waals surface area contributed by atoms with E-state index in [0.717, 1.165) is 50.1 Å². The second-order valence-corrected chi connectivity index (χ2v) is 10.4. The zero-order valence-corrected chi connectivity index (χ0v) is 21.1. The Hall–Kier alpha value is -2.65. The third kappa shape index (κ3) is 5.83.